The number of hydrogen-bond acceptors (Lipinski definition) is 9. The molecule has 1 fully saturated rings. The molecule has 1 unspecified atom stereocenters. The smallest absolute Gasteiger partial charge is 0.307 e. The second kappa shape index (κ2) is 10.7. The summed E-state index contributed by atoms with van der Waals surface area (Å²) in [6.07, 6.45) is 0.639. The number of amidine groups is 1. The summed E-state index contributed by atoms with van der Waals surface area (Å²) in [6, 6.07) is 5.81. The minimum atomic E-state index is -3.98. The van der Waals surface area contributed by atoms with Crippen LogP contribution in [0.25, 0.3) is 10.9 Å². The van der Waals surface area contributed by atoms with Gasteiger partial charge in [-0.1, -0.05) is 12.1 Å². The van der Waals surface area contributed by atoms with Crippen LogP contribution in [-0.4, -0.2) is 96.1 Å². The van der Waals surface area contributed by atoms with Crippen LogP contribution in [0, 0.1) is 5.41 Å². The van der Waals surface area contributed by atoms with Crippen LogP contribution in [0.1, 0.15) is 39.3 Å². The van der Waals surface area contributed by atoms with Crippen LogP contribution in [-0.2, 0) is 32.5 Å². The Morgan fingerprint density at radius 3 is 2.79 bits per heavy atom. The molecule has 2 aromatic heterocycles. The van der Waals surface area contributed by atoms with E-state index in [0.29, 0.717) is 21.5 Å². The van der Waals surface area contributed by atoms with Crippen LogP contribution >= 0.6 is 11.3 Å². The summed E-state index contributed by atoms with van der Waals surface area (Å²) in [4.78, 5) is 38.4. The fourth-order valence-corrected chi connectivity index (χ4v) is 7.61. The molecule has 0 spiro atoms. The van der Waals surface area contributed by atoms with Gasteiger partial charge in [-0.05, 0) is 26.1 Å². The Labute approximate surface area is 230 Å². The van der Waals surface area contributed by atoms with E-state index in [4.69, 9.17) is 15.9 Å². The number of carbonyl (C=O) groups is 2. The van der Waals surface area contributed by atoms with Gasteiger partial charge in [0.2, 0.25) is 0 Å². The lowest BCUT2D eigenvalue weighted by Crippen LogP contribution is -2.57. The highest BCUT2D eigenvalue weighted by Crippen LogP contribution is 2.29. The average Bonchev–Trinajstić information content (AvgIpc) is 3.52. The molecule has 14 heteroatoms. The number of ether oxygens (including phenoxy) is 1. The first-order chi connectivity index (χ1) is 18.6. The monoisotopic (exact) mass is 573 g/mol. The summed E-state index contributed by atoms with van der Waals surface area (Å²) in [5.74, 6) is -0.917. The van der Waals surface area contributed by atoms with Crippen LogP contribution < -0.4 is 5.73 Å². The molecule has 2 aliphatic heterocycles. The number of likely N-dealkylation sites (N-methyl/N-ethyl adjacent to an activating group) is 1. The Balaban J connectivity index is 1.40. The van der Waals surface area contributed by atoms with Gasteiger partial charge in [0.1, 0.15) is 10.9 Å². The van der Waals surface area contributed by atoms with Crippen molar-refractivity contribution in [3.05, 3.63) is 45.4 Å². The highest BCUT2D eigenvalue weighted by Gasteiger charge is 2.39. The van der Waals surface area contributed by atoms with E-state index in [1.165, 1.54) is 21.7 Å². The highest BCUT2D eigenvalue weighted by molar-refractivity contribution is 7.89. The number of aromatic nitrogens is 2. The van der Waals surface area contributed by atoms with Crippen LogP contribution in [0.4, 0.5) is 0 Å². The molecule has 1 amide bonds. The van der Waals surface area contributed by atoms with Crippen LogP contribution in [0.2, 0.25) is 0 Å². The Morgan fingerprint density at radius 2 is 2.05 bits per heavy atom. The normalized spacial score (nSPS) is 18.7. The number of amides is 1. The number of carbonyl (C=O) groups excluding carboxylic acids is 2. The van der Waals surface area contributed by atoms with Crippen molar-refractivity contribution >= 4 is 50.0 Å². The van der Waals surface area contributed by atoms with Gasteiger partial charge in [-0.2, -0.15) is 4.31 Å². The molecule has 4 heterocycles. The number of aromatic amines is 1. The standard InChI is InChI=1S/C25H31N7O5S2/c1-3-37-22(33)12-17-13-31(39(35,36)21-11-15-4-5-16(23(26)27)10-19(15)28-21)8-9-32(17)25(34)24-29-18-6-7-30(2)14-20(18)38-24/h4-5,10-11,17,28H,3,6-9,12-14H2,1-2H3,(H3,26,27). The van der Waals surface area contributed by atoms with E-state index in [1.807, 2.05) is 7.05 Å². The number of nitrogens with one attached hydrogen (secondary N) is 2. The maximum absolute atomic E-state index is 13.6. The minimum Gasteiger partial charge on any atom is -0.466 e. The fourth-order valence-electron chi connectivity index (χ4n) is 4.98. The molecule has 208 valence electrons. The zero-order valence-corrected chi connectivity index (χ0v) is 23.4. The van der Waals surface area contributed by atoms with Gasteiger partial charge in [-0.25, -0.2) is 13.4 Å². The molecule has 1 aromatic carbocycles. The number of hydrogen-bond donors (Lipinski definition) is 3. The predicted octanol–water partition coefficient (Wildman–Crippen LogP) is 1.36. The first-order valence-corrected chi connectivity index (χ1v) is 14.9. The molecule has 39 heavy (non-hydrogen) atoms. The van der Waals surface area contributed by atoms with Crippen molar-refractivity contribution in [3.8, 4) is 0 Å². The molecule has 0 radical (unpaired) electrons. The molecule has 1 saturated heterocycles. The average molecular weight is 574 g/mol. The van der Waals surface area contributed by atoms with Gasteiger partial charge >= 0.3 is 5.97 Å². The Morgan fingerprint density at radius 1 is 1.26 bits per heavy atom. The number of benzene rings is 1. The molecule has 0 bridgehead atoms. The number of nitrogens with zero attached hydrogens (tertiary/aromatic N) is 4. The van der Waals surface area contributed by atoms with Gasteiger partial charge in [0.05, 0.1) is 24.8 Å². The van der Waals surface area contributed by atoms with Crippen molar-refractivity contribution in [1.82, 2.24) is 24.1 Å². The number of sulfonamides is 1. The second-order valence-corrected chi connectivity index (χ2v) is 12.7. The Bertz CT molecular complexity index is 1550. The molecule has 3 aromatic rings. The SMILES string of the molecule is CCOC(=O)CC1CN(S(=O)(=O)c2cc3ccc(C(=N)N)cc3[nH]2)CCN1C(=O)c1nc2c(s1)CN(C)CC2. The van der Waals surface area contributed by atoms with Gasteiger partial charge in [0.25, 0.3) is 15.9 Å². The summed E-state index contributed by atoms with van der Waals surface area (Å²) >= 11 is 1.36. The van der Waals surface area contributed by atoms with E-state index >= 15 is 0 Å². The number of thiazole rings is 1. The topological polar surface area (TPSA) is 166 Å². The zero-order chi connectivity index (χ0) is 27.9. The summed E-state index contributed by atoms with van der Waals surface area (Å²) in [5, 5.41) is 8.64. The van der Waals surface area contributed by atoms with Gasteiger partial charge in [0, 0.05) is 60.5 Å². The molecule has 0 aliphatic carbocycles. The molecule has 12 nitrogen and oxygen atoms in total. The lowest BCUT2D eigenvalue weighted by Gasteiger charge is -2.39. The number of nitrogens with two attached hydrogens (primary N) is 1. The van der Waals surface area contributed by atoms with Gasteiger partial charge in [0.15, 0.2) is 5.01 Å². The molecule has 5 rings (SSSR count). The maximum Gasteiger partial charge on any atom is 0.307 e. The van der Waals surface area contributed by atoms with Crippen molar-refractivity contribution < 1.29 is 22.7 Å². The lowest BCUT2D eigenvalue weighted by atomic mass is 10.1. The van der Waals surface area contributed by atoms with E-state index in [-0.39, 0.29) is 49.4 Å². The van der Waals surface area contributed by atoms with E-state index in [9.17, 15) is 18.0 Å². The van der Waals surface area contributed by atoms with Gasteiger partial charge < -0.3 is 25.3 Å². The maximum atomic E-state index is 13.6. The number of nitrogen functional groups attached to an aromatic ring is 1. The molecule has 0 saturated carbocycles. The summed E-state index contributed by atoms with van der Waals surface area (Å²) in [6.45, 7) is 3.60. The van der Waals surface area contributed by atoms with Crippen molar-refractivity contribution in [1.29, 1.82) is 5.41 Å². The third-order valence-electron chi connectivity index (χ3n) is 7.05. The van der Waals surface area contributed by atoms with Gasteiger partial charge in [-0.3, -0.25) is 15.0 Å². The van der Waals surface area contributed by atoms with Crippen LogP contribution in [0.15, 0.2) is 29.3 Å². The number of rotatable bonds is 7. The first kappa shape index (κ1) is 27.2. The van der Waals surface area contributed by atoms with E-state index in [0.717, 1.165) is 30.1 Å². The highest BCUT2D eigenvalue weighted by atomic mass is 32.2. The number of piperazine rings is 1. The molecular weight excluding hydrogens is 542 g/mol. The van der Waals surface area contributed by atoms with E-state index in [2.05, 4.69) is 14.9 Å². The Hall–Kier alpha value is -3.33. The number of fused-ring (bicyclic) bond motifs is 2. The summed E-state index contributed by atoms with van der Waals surface area (Å²) in [7, 11) is -1.95. The Kier molecular flexibility index (Phi) is 7.46. The van der Waals surface area contributed by atoms with Crippen molar-refractivity contribution in [3.63, 3.8) is 0 Å². The third-order valence-corrected chi connectivity index (χ3v) is 9.90. The van der Waals surface area contributed by atoms with Crippen molar-refractivity contribution in [2.45, 2.75) is 37.4 Å². The fraction of sp³-hybridized carbons (Fsp3) is 0.440. The number of H-pyrrole nitrogens is 1. The predicted molar refractivity (Wildman–Crippen MR) is 146 cm³/mol. The lowest BCUT2D eigenvalue weighted by molar-refractivity contribution is -0.144. The minimum absolute atomic E-state index is 0.00965. The third kappa shape index (κ3) is 5.41. The van der Waals surface area contributed by atoms with Crippen molar-refractivity contribution in [2.24, 2.45) is 5.73 Å². The molecular formula is C25H31N7O5S2. The summed E-state index contributed by atoms with van der Waals surface area (Å²) < 4.78 is 33.7. The molecule has 4 N–H and O–H groups in total. The van der Waals surface area contributed by atoms with E-state index < -0.39 is 22.0 Å². The summed E-state index contributed by atoms with van der Waals surface area (Å²) in [5.41, 5.74) is 7.51. The largest absolute Gasteiger partial charge is 0.466 e. The van der Waals surface area contributed by atoms with Crippen molar-refractivity contribution in [2.75, 3.05) is 39.8 Å². The quantitative estimate of drug-likeness (QED) is 0.217. The van der Waals surface area contributed by atoms with Crippen LogP contribution in [0.3, 0.4) is 0 Å². The van der Waals surface area contributed by atoms with E-state index in [1.54, 1.807) is 30.0 Å². The first-order valence-electron chi connectivity index (χ1n) is 12.7. The van der Waals surface area contributed by atoms with Crippen LogP contribution in [0.5, 0.6) is 0 Å². The van der Waals surface area contributed by atoms with Gasteiger partial charge in [-0.15, -0.1) is 11.3 Å². The zero-order valence-electron chi connectivity index (χ0n) is 21.8. The number of esters is 1. The second-order valence-electron chi connectivity index (χ2n) is 9.75. The molecule has 1 atom stereocenters. The molecule has 2 aliphatic rings.